The Morgan fingerprint density at radius 3 is 2.58 bits per heavy atom. The fourth-order valence-corrected chi connectivity index (χ4v) is 5.90. The number of hydrogen-bond acceptors (Lipinski definition) is 5. The summed E-state index contributed by atoms with van der Waals surface area (Å²) in [5, 5.41) is 19.5. The highest BCUT2D eigenvalue weighted by Gasteiger charge is 2.48. The molecule has 3 saturated heterocycles. The van der Waals surface area contributed by atoms with Crippen LogP contribution < -0.4 is 5.32 Å². The van der Waals surface area contributed by atoms with Crippen LogP contribution >= 0.6 is 0 Å². The van der Waals surface area contributed by atoms with Gasteiger partial charge in [-0.1, -0.05) is 6.42 Å². The number of carboxylic acid groups (broad SMARTS) is 1. The van der Waals surface area contributed by atoms with E-state index in [0.717, 1.165) is 38.3 Å². The minimum Gasteiger partial charge on any atom is -0.508 e. The fourth-order valence-electron chi connectivity index (χ4n) is 5.90. The Balaban J connectivity index is 0.000000821. The molecule has 1 aliphatic carbocycles. The molecule has 9 heteroatoms. The van der Waals surface area contributed by atoms with Crippen molar-refractivity contribution in [2.75, 3.05) is 26.2 Å². The van der Waals surface area contributed by atoms with Crippen molar-refractivity contribution in [3.8, 4) is 5.75 Å². The number of phenolic OH excluding ortho intramolecular Hbond substituents is 1. The first-order valence-corrected chi connectivity index (χ1v) is 11.8. The summed E-state index contributed by atoms with van der Waals surface area (Å²) in [6.07, 6.45) is 6.56. The van der Waals surface area contributed by atoms with Crippen molar-refractivity contribution in [1.29, 1.82) is 0 Å². The molecule has 33 heavy (non-hydrogen) atoms. The molecular formula is C24H32FN3O5. The van der Waals surface area contributed by atoms with Crippen LogP contribution in [0.4, 0.5) is 4.39 Å². The van der Waals surface area contributed by atoms with Crippen LogP contribution in [0.3, 0.4) is 0 Å². The van der Waals surface area contributed by atoms with Crippen molar-refractivity contribution in [3.05, 3.63) is 29.6 Å². The van der Waals surface area contributed by atoms with Crippen molar-refractivity contribution < 1.29 is 29.0 Å². The molecular weight excluding hydrogens is 429 g/mol. The van der Waals surface area contributed by atoms with Crippen LogP contribution in [0, 0.1) is 23.6 Å². The van der Waals surface area contributed by atoms with Gasteiger partial charge in [0.05, 0.1) is 5.56 Å². The molecule has 4 fully saturated rings. The number of fused-ring (bicyclic) bond motifs is 4. The van der Waals surface area contributed by atoms with Gasteiger partial charge in [0.15, 0.2) is 0 Å². The lowest BCUT2D eigenvalue weighted by molar-refractivity contribution is -0.124. The van der Waals surface area contributed by atoms with Crippen LogP contribution in [0.15, 0.2) is 18.2 Å². The molecule has 0 unspecified atom stereocenters. The third kappa shape index (κ3) is 5.13. The molecule has 0 aromatic heterocycles. The minimum absolute atomic E-state index is 0.0202. The zero-order valence-electron chi connectivity index (χ0n) is 18.7. The van der Waals surface area contributed by atoms with E-state index < -0.39 is 5.82 Å². The molecule has 8 nitrogen and oxygen atoms in total. The van der Waals surface area contributed by atoms with Gasteiger partial charge in [-0.05, 0) is 62.6 Å². The average molecular weight is 462 g/mol. The van der Waals surface area contributed by atoms with Gasteiger partial charge in [0.2, 0.25) is 5.91 Å². The molecule has 0 radical (unpaired) electrons. The van der Waals surface area contributed by atoms with Crippen molar-refractivity contribution in [2.24, 2.45) is 17.8 Å². The number of carbonyl (C=O) groups excluding carboxylic acids is 2. The van der Waals surface area contributed by atoms with Gasteiger partial charge in [0, 0.05) is 43.7 Å². The van der Waals surface area contributed by atoms with Crippen LogP contribution in [0.2, 0.25) is 0 Å². The van der Waals surface area contributed by atoms with Crippen molar-refractivity contribution in [2.45, 2.75) is 50.6 Å². The lowest BCUT2D eigenvalue weighted by atomic mass is 9.72. The molecule has 1 aromatic rings. The Bertz CT molecular complexity index is 893. The molecule has 180 valence electrons. The Morgan fingerprint density at radius 1 is 1.15 bits per heavy atom. The number of aromatic hydroxyl groups is 1. The predicted octanol–water partition coefficient (Wildman–Crippen LogP) is 2.07. The van der Waals surface area contributed by atoms with Crippen molar-refractivity contribution >= 4 is 18.3 Å². The molecule has 3 aliphatic heterocycles. The second-order valence-corrected chi connectivity index (χ2v) is 9.62. The van der Waals surface area contributed by atoms with Gasteiger partial charge in [0.25, 0.3) is 12.4 Å². The van der Waals surface area contributed by atoms with Crippen LogP contribution in [0.1, 0.15) is 48.9 Å². The summed E-state index contributed by atoms with van der Waals surface area (Å²) in [5.41, 5.74) is 0.0202. The number of halogens is 1. The topological polar surface area (TPSA) is 110 Å². The van der Waals surface area contributed by atoms with Crippen molar-refractivity contribution in [3.63, 3.8) is 0 Å². The summed E-state index contributed by atoms with van der Waals surface area (Å²) >= 11 is 0. The van der Waals surface area contributed by atoms with E-state index >= 15 is 0 Å². The number of hydrogen-bond donors (Lipinski definition) is 3. The highest BCUT2D eigenvalue weighted by molar-refractivity contribution is 5.94. The van der Waals surface area contributed by atoms with E-state index in [4.69, 9.17) is 9.90 Å². The van der Waals surface area contributed by atoms with Gasteiger partial charge < -0.3 is 20.4 Å². The second kappa shape index (κ2) is 10.1. The van der Waals surface area contributed by atoms with Gasteiger partial charge in [-0.2, -0.15) is 0 Å². The minimum atomic E-state index is -0.678. The van der Waals surface area contributed by atoms with Crippen LogP contribution in [0.5, 0.6) is 5.75 Å². The summed E-state index contributed by atoms with van der Waals surface area (Å²) in [4.78, 5) is 38.1. The van der Waals surface area contributed by atoms with Gasteiger partial charge >= 0.3 is 0 Å². The maximum Gasteiger partial charge on any atom is 0.290 e. The zero-order chi connectivity index (χ0) is 23.5. The lowest BCUT2D eigenvalue weighted by Crippen LogP contribution is -2.66. The van der Waals surface area contributed by atoms with Crippen LogP contribution in [0.25, 0.3) is 0 Å². The number of likely N-dealkylation sites (tertiary alicyclic amines) is 1. The Kier molecular flexibility index (Phi) is 7.17. The highest BCUT2D eigenvalue weighted by Crippen LogP contribution is 2.41. The molecule has 4 aliphatic rings. The SMILES string of the molecule is O=C(NC[C@H]1[C@H]2C[C@H](CN(C(=O)c3ccc(O)cc3F)C2)[C@@H]2CCCCN21)C1CC1.O=CO. The van der Waals surface area contributed by atoms with E-state index in [9.17, 15) is 19.1 Å². The van der Waals surface area contributed by atoms with Crippen LogP contribution in [-0.2, 0) is 9.59 Å². The Labute approximate surface area is 192 Å². The molecule has 3 N–H and O–H groups in total. The number of nitrogens with one attached hydrogen (secondary N) is 1. The van der Waals surface area contributed by atoms with E-state index in [-0.39, 0.29) is 47.5 Å². The van der Waals surface area contributed by atoms with Gasteiger partial charge in [0.1, 0.15) is 11.6 Å². The quantitative estimate of drug-likeness (QED) is 0.592. The van der Waals surface area contributed by atoms with Gasteiger partial charge in [-0.25, -0.2) is 4.39 Å². The average Bonchev–Trinajstić information content (AvgIpc) is 3.64. The Hall–Kier alpha value is -2.68. The first-order valence-electron chi connectivity index (χ1n) is 11.8. The summed E-state index contributed by atoms with van der Waals surface area (Å²) in [6.45, 7) is 2.68. The number of piperidine rings is 3. The van der Waals surface area contributed by atoms with E-state index in [1.807, 2.05) is 0 Å². The lowest BCUT2D eigenvalue weighted by Gasteiger charge is -2.56. The third-order valence-corrected chi connectivity index (χ3v) is 7.53. The van der Waals surface area contributed by atoms with E-state index in [2.05, 4.69) is 10.2 Å². The van der Waals surface area contributed by atoms with Crippen molar-refractivity contribution in [1.82, 2.24) is 15.1 Å². The number of rotatable bonds is 4. The molecule has 2 amide bonds. The van der Waals surface area contributed by atoms with Gasteiger partial charge in [-0.3, -0.25) is 19.3 Å². The first kappa shape index (κ1) is 23.5. The zero-order valence-corrected chi connectivity index (χ0v) is 18.7. The second-order valence-electron chi connectivity index (χ2n) is 9.62. The first-order chi connectivity index (χ1) is 15.9. The maximum atomic E-state index is 14.3. The largest absolute Gasteiger partial charge is 0.508 e. The molecule has 5 rings (SSSR count). The fraction of sp³-hybridized carbons (Fsp3) is 0.625. The van der Waals surface area contributed by atoms with Crippen LogP contribution in [-0.4, -0.2) is 76.6 Å². The normalized spacial score (nSPS) is 28.7. The summed E-state index contributed by atoms with van der Waals surface area (Å²) < 4.78 is 14.3. The third-order valence-electron chi connectivity index (χ3n) is 7.53. The molecule has 3 heterocycles. The standard InChI is InChI=1S/C23H30FN3O3.CH2O2/c24-19-10-17(28)6-7-18(19)23(30)26-12-15-9-16(13-26)21(11-25-22(29)14-4-5-14)27-8-2-1-3-20(15)27;2-1-3/h6-7,10,14-16,20-21,28H,1-5,8-9,11-13H2,(H,25,29);1H,(H,2,3)/t15-,16+,20+,21+;/m1./s1. The number of amides is 2. The smallest absolute Gasteiger partial charge is 0.290 e. The summed E-state index contributed by atoms with van der Waals surface area (Å²) in [6, 6.07) is 4.39. The number of nitrogens with zero attached hydrogens (tertiary/aromatic N) is 2. The number of benzene rings is 1. The molecule has 1 aromatic carbocycles. The molecule has 4 atom stereocenters. The molecule has 0 spiro atoms. The highest BCUT2D eigenvalue weighted by atomic mass is 19.1. The van der Waals surface area contributed by atoms with Gasteiger partial charge in [-0.15, -0.1) is 0 Å². The summed E-state index contributed by atoms with van der Waals surface area (Å²) in [5.74, 6) is -0.120. The van der Waals surface area contributed by atoms with E-state index in [0.29, 0.717) is 31.6 Å². The Morgan fingerprint density at radius 2 is 1.88 bits per heavy atom. The van der Waals surface area contributed by atoms with E-state index in [1.165, 1.54) is 25.0 Å². The maximum absolute atomic E-state index is 14.3. The molecule has 2 bridgehead atoms. The van der Waals surface area contributed by atoms with E-state index in [1.54, 1.807) is 4.90 Å². The summed E-state index contributed by atoms with van der Waals surface area (Å²) in [7, 11) is 0. The molecule has 1 saturated carbocycles. The number of carbonyl (C=O) groups is 3. The monoisotopic (exact) mass is 461 g/mol. The predicted molar refractivity (Wildman–Crippen MR) is 118 cm³/mol. The number of phenols is 1.